The molecule has 4 aromatic rings. The minimum Gasteiger partial charge on any atom is -0.506 e. The van der Waals surface area contributed by atoms with Crippen molar-refractivity contribution in [2.75, 3.05) is 53.0 Å². The van der Waals surface area contributed by atoms with Crippen molar-refractivity contribution in [2.24, 2.45) is 11.8 Å². The first-order valence-corrected chi connectivity index (χ1v) is 19.6. The maximum Gasteiger partial charge on any atom is 0.407 e. The molecular formula is C43H56N4O7. The topological polar surface area (TPSA) is 145 Å². The average molecular weight is 741 g/mol. The number of H-pyrrole nitrogens is 1. The third kappa shape index (κ3) is 10.8. The van der Waals surface area contributed by atoms with Gasteiger partial charge in [0.05, 0.1) is 38.0 Å². The first-order chi connectivity index (χ1) is 26.4. The average Bonchev–Trinajstić information content (AvgIpc) is 3.20. The van der Waals surface area contributed by atoms with Crippen molar-refractivity contribution < 1.29 is 29.2 Å². The number of benzene rings is 3. The number of unbranched alkanes of at least 4 members (excludes halogenated alkanes) is 6. The molecule has 3 unspecified atom stereocenters. The van der Waals surface area contributed by atoms with Gasteiger partial charge in [-0.1, -0.05) is 68.5 Å². The van der Waals surface area contributed by atoms with Gasteiger partial charge in [-0.3, -0.25) is 4.79 Å². The molecule has 290 valence electrons. The molecule has 3 aliphatic heterocycles. The van der Waals surface area contributed by atoms with Crippen LogP contribution in [0.1, 0.15) is 86.6 Å². The number of pyridine rings is 1. The Kier molecular flexibility index (Phi) is 14.2. The van der Waals surface area contributed by atoms with Crippen LogP contribution < -0.4 is 25.7 Å². The fourth-order valence-corrected chi connectivity index (χ4v) is 7.91. The molecule has 1 amide bonds. The highest BCUT2D eigenvalue weighted by Gasteiger charge is 2.35. The molecule has 5 N–H and O–H groups in total. The number of carbonyl (C=O) groups excluding carboxylic acids is 1. The number of alkyl carbamates (subject to hydrolysis) is 1. The summed E-state index contributed by atoms with van der Waals surface area (Å²) in [7, 11) is 1.64. The molecule has 4 heterocycles. The maximum absolute atomic E-state index is 13.2. The Morgan fingerprint density at radius 1 is 0.907 bits per heavy atom. The van der Waals surface area contributed by atoms with Gasteiger partial charge in [-0.05, 0) is 92.2 Å². The number of hydrogen-bond acceptors (Lipinski definition) is 9. The predicted molar refractivity (Wildman–Crippen MR) is 210 cm³/mol. The van der Waals surface area contributed by atoms with E-state index in [1.807, 2.05) is 48.5 Å². The molecular weight excluding hydrogens is 684 g/mol. The van der Waals surface area contributed by atoms with Gasteiger partial charge in [0.1, 0.15) is 17.2 Å². The molecule has 3 aromatic carbocycles. The molecule has 3 saturated heterocycles. The van der Waals surface area contributed by atoms with Gasteiger partial charge < -0.3 is 44.9 Å². The Balaban J connectivity index is 0.889. The van der Waals surface area contributed by atoms with Crippen LogP contribution in [-0.4, -0.2) is 79.2 Å². The number of rotatable bonds is 20. The molecule has 3 aliphatic rings. The van der Waals surface area contributed by atoms with E-state index in [9.17, 15) is 19.8 Å². The molecule has 3 atom stereocenters. The molecule has 11 nitrogen and oxygen atoms in total. The second kappa shape index (κ2) is 19.7. The van der Waals surface area contributed by atoms with Crippen LogP contribution in [0, 0.1) is 11.8 Å². The van der Waals surface area contributed by atoms with Gasteiger partial charge in [-0.15, -0.1) is 0 Å². The Morgan fingerprint density at radius 3 is 2.39 bits per heavy atom. The van der Waals surface area contributed by atoms with E-state index in [0.717, 1.165) is 82.3 Å². The molecule has 0 radical (unpaired) electrons. The van der Waals surface area contributed by atoms with E-state index in [-0.39, 0.29) is 11.3 Å². The van der Waals surface area contributed by atoms with Crippen LogP contribution in [0.5, 0.6) is 17.2 Å². The number of phenolic OH excluding ortho intramolecular Hbond substituents is 1. The minimum absolute atomic E-state index is 0.0128. The van der Waals surface area contributed by atoms with E-state index in [2.05, 4.69) is 20.5 Å². The Morgan fingerprint density at radius 2 is 1.65 bits per heavy atom. The summed E-state index contributed by atoms with van der Waals surface area (Å²) in [4.78, 5) is 29.9. The quantitative estimate of drug-likeness (QED) is 0.0616. The lowest BCUT2D eigenvalue weighted by Gasteiger charge is -2.44. The van der Waals surface area contributed by atoms with E-state index >= 15 is 0 Å². The van der Waals surface area contributed by atoms with Gasteiger partial charge in [0.25, 0.3) is 0 Å². The number of nitrogens with zero attached hydrogens (tertiary/aromatic N) is 1. The standard InChI is InChI=1S/C43H56N4O7/c1-52-34-24-32(41(31-12-8-7-9-13-31)46-43(51)54-29-33-28-47-21-18-30(33)19-22-47)25-35(26-34)53-23-11-6-4-2-3-5-10-20-44-27-39(49)36-14-16-38(48)42-37(36)15-17-40(50)45-42/h7-9,12-17,24-26,30,33,39,41,44,48-49H,2-6,10-11,18-23,27-29H2,1H3,(H,45,50)(H,46,51). The Labute approximate surface area is 318 Å². The van der Waals surface area contributed by atoms with Crippen molar-refractivity contribution in [3.8, 4) is 17.2 Å². The molecule has 54 heavy (non-hydrogen) atoms. The molecule has 7 rings (SSSR count). The van der Waals surface area contributed by atoms with Gasteiger partial charge in [-0.25, -0.2) is 4.79 Å². The predicted octanol–water partition coefficient (Wildman–Crippen LogP) is 6.83. The van der Waals surface area contributed by atoms with Crippen LogP contribution in [-0.2, 0) is 4.74 Å². The number of phenols is 1. The second-order valence-electron chi connectivity index (χ2n) is 14.8. The number of aliphatic hydroxyl groups excluding tert-OH is 1. The third-order valence-corrected chi connectivity index (χ3v) is 11.0. The van der Waals surface area contributed by atoms with E-state index in [1.165, 1.54) is 25.0 Å². The maximum atomic E-state index is 13.2. The number of aromatic nitrogens is 1. The number of ether oxygens (including phenoxy) is 3. The minimum atomic E-state index is -0.750. The zero-order valence-electron chi connectivity index (χ0n) is 31.4. The highest BCUT2D eigenvalue weighted by Crippen LogP contribution is 2.34. The van der Waals surface area contributed by atoms with Crippen LogP contribution in [0.3, 0.4) is 0 Å². The van der Waals surface area contributed by atoms with Crippen molar-refractivity contribution >= 4 is 17.0 Å². The molecule has 1 aromatic heterocycles. The Bertz CT molecular complexity index is 1840. The number of piperidine rings is 3. The lowest BCUT2D eigenvalue weighted by molar-refractivity contribution is 0.0123. The molecule has 0 saturated carbocycles. The number of aliphatic hydroxyl groups is 1. The van der Waals surface area contributed by atoms with E-state index in [0.29, 0.717) is 59.6 Å². The number of hydrogen-bond donors (Lipinski definition) is 5. The van der Waals surface area contributed by atoms with Gasteiger partial charge in [0, 0.05) is 36.5 Å². The van der Waals surface area contributed by atoms with Gasteiger partial charge in [-0.2, -0.15) is 0 Å². The van der Waals surface area contributed by atoms with Gasteiger partial charge in [0.15, 0.2) is 0 Å². The number of methoxy groups -OCH3 is 1. The van der Waals surface area contributed by atoms with Gasteiger partial charge in [0.2, 0.25) is 5.56 Å². The van der Waals surface area contributed by atoms with Crippen molar-refractivity contribution in [1.82, 2.24) is 20.5 Å². The number of carbonyl (C=O) groups is 1. The van der Waals surface area contributed by atoms with Crippen molar-refractivity contribution in [3.63, 3.8) is 0 Å². The summed E-state index contributed by atoms with van der Waals surface area (Å²) < 4.78 is 17.7. The third-order valence-electron chi connectivity index (χ3n) is 11.0. The number of aromatic amines is 1. The first kappa shape index (κ1) is 39.1. The molecule has 0 spiro atoms. The summed E-state index contributed by atoms with van der Waals surface area (Å²) >= 11 is 0. The van der Waals surface area contributed by atoms with Crippen molar-refractivity contribution in [1.29, 1.82) is 0 Å². The Hall–Kier alpha value is -4.58. The normalized spacial score (nSPS) is 19.0. The van der Waals surface area contributed by atoms with Crippen molar-refractivity contribution in [2.45, 2.75) is 69.9 Å². The van der Waals surface area contributed by atoms with E-state index in [1.54, 1.807) is 19.2 Å². The SMILES string of the molecule is COc1cc(OCCCCCCCCCNCC(O)c2ccc(O)c3[nH]c(=O)ccc23)cc(C(NC(=O)OCC2CN3CCC2CC3)c2ccccc2)c1. The number of aromatic hydroxyl groups is 1. The van der Waals surface area contributed by atoms with E-state index < -0.39 is 18.2 Å². The molecule has 3 fully saturated rings. The van der Waals surface area contributed by atoms with Crippen LogP contribution in [0.2, 0.25) is 0 Å². The zero-order valence-corrected chi connectivity index (χ0v) is 31.4. The van der Waals surface area contributed by atoms with Crippen molar-refractivity contribution in [3.05, 3.63) is 99.8 Å². The van der Waals surface area contributed by atoms with Crippen LogP contribution in [0.15, 0.2) is 77.6 Å². The monoisotopic (exact) mass is 740 g/mol. The zero-order chi connectivity index (χ0) is 37.7. The number of fused-ring (bicyclic) bond motifs is 4. The lowest BCUT2D eigenvalue weighted by atomic mass is 9.79. The fourth-order valence-electron chi connectivity index (χ4n) is 7.91. The first-order valence-electron chi connectivity index (χ1n) is 19.6. The van der Waals surface area contributed by atoms with Crippen LogP contribution in [0.25, 0.3) is 10.9 Å². The lowest BCUT2D eigenvalue weighted by Crippen LogP contribution is -2.49. The fraction of sp³-hybridized carbons (Fsp3) is 0.488. The van der Waals surface area contributed by atoms with E-state index in [4.69, 9.17) is 14.2 Å². The van der Waals surface area contributed by atoms with Crippen LogP contribution in [0.4, 0.5) is 4.79 Å². The van der Waals surface area contributed by atoms with Gasteiger partial charge >= 0.3 is 6.09 Å². The summed E-state index contributed by atoms with van der Waals surface area (Å²) in [6.45, 7) is 5.57. The van der Waals surface area contributed by atoms with Crippen LogP contribution >= 0.6 is 0 Å². The summed E-state index contributed by atoms with van der Waals surface area (Å²) in [6, 6.07) is 21.5. The summed E-state index contributed by atoms with van der Waals surface area (Å²) in [5.41, 5.74) is 2.53. The number of amides is 1. The smallest absolute Gasteiger partial charge is 0.407 e. The largest absolute Gasteiger partial charge is 0.506 e. The molecule has 11 heteroatoms. The molecule has 2 bridgehead atoms. The summed E-state index contributed by atoms with van der Waals surface area (Å²) in [6.07, 6.45) is 8.81. The highest BCUT2D eigenvalue weighted by atomic mass is 16.5. The molecule has 0 aliphatic carbocycles. The summed E-state index contributed by atoms with van der Waals surface area (Å²) in [5.74, 6) is 2.40. The highest BCUT2D eigenvalue weighted by molar-refractivity contribution is 5.87. The number of nitrogens with one attached hydrogen (secondary N) is 3. The summed E-state index contributed by atoms with van der Waals surface area (Å²) in [5, 5.41) is 27.9. The second-order valence-corrected chi connectivity index (χ2v) is 14.8.